The lowest BCUT2D eigenvalue weighted by Crippen LogP contribution is -2.42. The molecule has 1 aromatic rings. The van der Waals surface area contributed by atoms with Crippen molar-refractivity contribution in [3.63, 3.8) is 0 Å². The second kappa shape index (κ2) is 7.21. The number of ether oxygens (including phenoxy) is 1. The molecule has 1 saturated carbocycles. The van der Waals surface area contributed by atoms with E-state index >= 15 is 0 Å². The Morgan fingerprint density at radius 2 is 2.17 bits per heavy atom. The summed E-state index contributed by atoms with van der Waals surface area (Å²) in [5.41, 5.74) is 4.89. The zero-order chi connectivity index (χ0) is 17.1. The molecular weight excluding hydrogens is 320 g/mol. The van der Waals surface area contributed by atoms with E-state index in [0.717, 1.165) is 29.3 Å². The standard InChI is InChI=1S/C18H24N4OS/c1-22(2)15-7-6-14(17(10-15)23-3)11-19-21-18(24)20-16-9-12-4-5-13(16)8-12/h4-7,10-13,16H,8-9H2,1-3H3,(H2,20,21,24). The lowest BCUT2D eigenvalue weighted by molar-refractivity contribution is 0.414. The molecule has 0 radical (unpaired) electrons. The topological polar surface area (TPSA) is 48.9 Å². The van der Waals surface area contributed by atoms with Crippen LogP contribution in [0.25, 0.3) is 0 Å². The molecule has 2 aliphatic carbocycles. The first-order valence-electron chi connectivity index (χ1n) is 8.20. The predicted molar refractivity (Wildman–Crippen MR) is 103 cm³/mol. The number of hydrogen-bond donors (Lipinski definition) is 2. The molecule has 2 N–H and O–H groups in total. The first kappa shape index (κ1) is 16.8. The van der Waals surface area contributed by atoms with Crippen molar-refractivity contribution in [3.8, 4) is 5.75 Å². The van der Waals surface area contributed by atoms with Crippen molar-refractivity contribution in [3.05, 3.63) is 35.9 Å². The zero-order valence-electron chi connectivity index (χ0n) is 14.3. The minimum Gasteiger partial charge on any atom is -0.496 e. The summed E-state index contributed by atoms with van der Waals surface area (Å²) >= 11 is 5.34. The molecule has 0 spiro atoms. The normalized spacial score (nSPS) is 24.4. The number of anilines is 1. The summed E-state index contributed by atoms with van der Waals surface area (Å²) < 4.78 is 5.43. The Balaban J connectivity index is 1.56. The first-order chi connectivity index (χ1) is 11.6. The number of fused-ring (bicyclic) bond motifs is 2. The molecule has 6 heteroatoms. The molecule has 1 fully saturated rings. The Hall–Kier alpha value is -2.08. The lowest BCUT2D eigenvalue weighted by Gasteiger charge is -2.20. The summed E-state index contributed by atoms with van der Waals surface area (Å²) in [6, 6.07) is 6.43. The molecule has 0 saturated heterocycles. The fourth-order valence-corrected chi connectivity index (χ4v) is 3.60. The summed E-state index contributed by atoms with van der Waals surface area (Å²) in [4.78, 5) is 2.03. The summed E-state index contributed by atoms with van der Waals surface area (Å²) in [6.45, 7) is 0. The van der Waals surface area contributed by atoms with Crippen molar-refractivity contribution < 1.29 is 4.74 Å². The van der Waals surface area contributed by atoms with E-state index in [-0.39, 0.29) is 0 Å². The number of rotatable bonds is 5. The van der Waals surface area contributed by atoms with E-state index in [0.29, 0.717) is 17.1 Å². The van der Waals surface area contributed by atoms with Crippen LogP contribution in [0.3, 0.4) is 0 Å². The number of methoxy groups -OCH3 is 1. The van der Waals surface area contributed by atoms with E-state index in [1.807, 2.05) is 37.2 Å². The van der Waals surface area contributed by atoms with Crippen LogP contribution >= 0.6 is 12.2 Å². The number of thiocarbonyl (C=S) groups is 1. The Labute approximate surface area is 148 Å². The lowest BCUT2D eigenvalue weighted by atomic mass is 10.0. The fourth-order valence-electron chi connectivity index (χ4n) is 3.39. The Morgan fingerprint density at radius 1 is 1.33 bits per heavy atom. The molecule has 3 unspecified atom stereocenters. The highest BCUT2D eigenvalue weighted by molar-refractivity contribution is 7.80. The third-order valence-electron chi connectivity index (χ3n) is 4.70. The van der Waals surface area contributed by atoms with Crippen LogP contribution in [-0.4, -0.2) is 38.6 Å². The number of hydrazone groups is 1. The van der Waals surface area contributed by atoms with E-state index < -0.39 is 0 Å². The van der Waals surface area contributed by atoms with E-state index in [1.54, 1.807) is 13.3 Å². The Bertz CT molecular complexity index is 671. The zero-order valence-corrected chi connectivity index (χ0v) is 15.1. The molecule has 5 nitrogen and oxygen atoms in total. The number of allylic oxidation sites excluding steroid dienone is 1. The second-order valence-electron chi connectivity index (χ2n) is 6.55. The van der Waals surface area contributed by atoms with Crippen molar-refractivity contribution in [2.75, 3.05) is 26.1 Å². The molecule has 0 amide bonds. The molecule has 0 heterocycles. The molecule has 2 aliphatic rings. The molecule has 2 bridgehead atoms. The van der Waals surface area contributed by atoms with Gasteiger partial charge in [0, 0.05) is 37.5 Å². The summed E-state index contributed by atoms with van der Waals surface area (Å²) in [5, 5.41) is 8.18. The van der Waals surface area contributed by atoms with E-state index in [4.69, 9.17) is 17.0 Å². The van der Waals surface area contributed by atoms with Gasteiger partial charge in [-0.2, -0.15) is 5.10 Å². The molecule has 3 atom stereocenters. The van der Waals surface area contributed by atoms with Gasteiger partial charge in [-0.15, -0.1) is 0 Å². The van der Waals surface area contributed by atoms with Gasteiger partial charge in [-0.1, -0.05) is 12.2 Å². The van der Waals surface area contributed by atoms with Crippen molar-refractivity contribution in [2.45, 2.75) is 18.9 Å². The van der Waals surface area contributed by atoms with Crippen LogP contribution in [0, 0.1) is 11.8 Å². The smallest absolute Gasteiger partial charge is 0.187 e. The second-order valence-corrected chi connectivity index (χ2v) is 6.96. The number of nitrogens with one attached hydrogen (secondary N) is 2. The SMILES string of the molecule is COc1cc(N(C)C)ccc1C=NNC(=S)NC1CC2C=CC1C2. The van der Waals surface area contributed by atoms with Crippen LogP contribution in [0.5, 0.6) is 5.75 Å². The van der Waals surface area contributed by atoms with Crippen LogP contribution in [0.1, 0.15) is 18.4 Å². The van der Waals surface area contributed by atoms with Gasteiger partial charge in [0.05, 0.1) is 13.3 Å². The van der Waals surface area contributed by atoms with Crippen LogP contribution < -0.4 is 20.4 Å². The molecule has 24 heavy (non-hydrogen) atoms. The maximum Gasteiger partial charge on any atom is 0.187 e. The Kier molecular flexibility index (Phi) is 5.04. The number of benzene rings is 1. The van der Waals surface area contributed by atoms with Gasteiger partial charge in [0.2, 0.25) is 0 Å². The van der Waals surface area contributed by atoms with Gasteiger partial charge < -0.3 is 15.0 Å². The average Bonchev–Trinajstić information content (AvgIpc) is 3.17. The largest absolute Gasteiger partial charge is 0.496 e. The van der Waals surface area contributed by atoms with Crippen molar-refractivity contribution in [2.24, 2.45) is 16.9 Å². The molecular formula is C18H24N4OS. The van der Waals surface area contributed by atoms with Gasteiger partial charge in [0.25, 0.3) is 0 Å². The monoisotopic (exact) mass is 344 g/mol. The minimum atomic E-state index is 0.434. The highest BCUT2D eigenvalue weighted by Crippen LogP contribution is 2.38. The quantitative estimate of drug-likeness (QED) is 0.372. The maximum atomic E-state index is 5.43. The van der Waals surface area contributed by atoms with Crippen LogP contribution in [-0.2, 0) is 0 Å². The Morgan fingerprint density at radius 3 is 2.79 bits per heavy atom. The molecule has 3 rings (SSSR count). The fraction of sp³-hybridized carbons (Fsp3) is 0.444. The average molecular weight is 344 g/mol. The van der Waals surface area contributed by atoms with Crippen molar-refractivity contribution in [1.82, 2.24) is 10.7 Å². The van der Waals surface area contributed by atoms with E-state index in [2.05, 4.69) is 28.0 Å². The third-order valence-corrected chi connectivity index (χ3v) is 4.91. The molecule has 128 valence electrons. The molecule has 1 aromatic carbocycles. The number of hydrogen-bond acceptors (Lipinski definition) is 4. The van der Waals surface area contributed by atoms with Crippen molar-refractivity contribution >= 4 is 29.2 Å². The highest BCUT2D eigenvalue weighted by atomic mass is 32.1. The maximum absolute atomic E-state index is 5.43. The van der Waals surface area contributed by atoms with Crippen LogP contribution in [0.15, 0.2) is 35.5 Å². The summed E-state index contributed by atoms with van der Waals surface area (Å²) in [7, 11) is 5.66. The van der Waals surface area contributed by atoms with Gasteiger partial charge in [-0.25, -0.2) is 0 Å². The molecule has 0 aliphatic heterocycles. The van der Waals surface area contributed by atoms with E-state index in [9.17, 15) is 0 Å². The first-order valence-corrected chi connectivity index (χ1v) is 8.61. The summed E-state index contributed by atoms with van der Waals surface area (Å²) in [6.07, 6.45) is 8.76. The van der Waals surface area contributed by atoms with Gasteiger partial charge in [-0.05, 0) is 49.0 Å². The third kappa shape index (κ3) is 3.70. The van der Waals surface area contributed by atoms with Gasteiger partial charge in [0.15, 0.2) is 5.11 Å². The minimum absolute atomic E-state index is 0.434. The molecule has 0 aromatic heterocycles. The van der Waals surface area contributed by atoms with Gasteiger partial charge in [0.1, 0.15) is 5.75 Å². The van der Waals surface area contributed by atoms with Crippen LogP contribution in [0.4, 0.5) is 5.69 Å². The van der Waals surface area contributed by atoms with Gasteiger partial charge in [-0.3, -0.25) is 5.43 Å². The van der Waals surface area contributed by atoms with Crippen molar-refractivity contribution in [1.29, 1.82) is 0 Å². The van der Waals surface area contributed by atoms with Gasteiger partial charge >= 0.3 is 0 Å². The number of nitrogens with zero attached hydrogens (tertiary/aromatic N) is 2. The van der Waals surface area contributed by atoms with Crippen LogP contribution in [0.2, 0.25) is 0 Å². The summed E-state index contributed by atoms with van der Waals surface area (Å²) in [5.74, 6) is 2.11. The predicted octanol–water partition coefficient (Wildman–Crippen LogP) is 2.52. The highest BCUT2D eigenvalue weighted by Gasteiger charge is 2.35. The van der Waals surface area contributed by atoms with E-state index in [1.165, 1.54) is 6.42 Å².